The molecule has 1 aromatic carbocycles. The Labute approximate surface area is 116 Å². The van der Waals surface area contributed by atoms with Crippen molar-refractivity contribution in [3.63, 3.8) is 0 Å². The molecule has 1 saturated heterocycles. The van der Waals surface area contributed by atoms with Crippen LogP contribution in [-0.2, 0) is 6.18 Å². The number of nitrogens with one attached hydrogen (secondary N) is 1. The van der Waals surface area contributed by atoms with Crippen molar-refractivity contribution < 1.29 is 13.2 Å². The third kappa shape index (κ3) is 2.49. The van der Waals surface area contributed by atoms with E-state index in [0.29, 0.717) is 17.6 Å². The highest BCUT2D eigenvalue weighted by Gasteiger charge is 2.34. The quantitative estimate of drug-likeness (QED) is 0.808. The van der Waals surface area contributed by atoms with E-state index in [4.69, 9.17) is 0 Å². The minimum atomic E-state index is -4.27. The van der Waals surface area contributed by atoms with E-state index < -0.39 is 11.7 Å². The van der Waals surface area contributed by atoms with Gasteiger partial charge in [-0.3, -0.25) is 0 Å². The molecular formula is C16H18F3N. The molecule has 2 aliphatic heterocycles. The molecule has 108 valence electrons. The van der Waals surface area contributed by atoms with E-state index >= 15 is 0 Å². The van der Waals surface area contributed by atoms with Crippen molar-refractivity contribution in [2.75, 3.05) is 0 Å². The van der Waals surface area contributed by atoms with Gasteiger partial charge >= 0.3 is 6.18 Å². The highest BCUT2D eigenvalue weighted by Crippen LogP contribution is 2.37. The Kier molecular flexibility index (Phi) is 3.36. The zero-order chi connectivity index (χ0) is 14.3. The number of fused-ring (bicyclic) bond motifs is 2. The monoisotopic (exact) mass is 281 g/mol. The van der Waals surface area contributed by atoms with E-state index in [1.165, 1.54) is 18.6 Å². The first kappa shape index (κ1) is 13.7. The second-order valence-electron chi connectivity index (χ2n) is 5.77. The number of benzene rings is 1. The molecule has 2 aliphatic rings. The van der Waals surface area contributed by atoms with Crippen LogP contribution in [0.1, 0.15) is 42.4 Å². The predicted octanol–water partition coefficient (Wildman–Crippen LogP) is 4.31. The van der Waals surface area contributed by atoms with Crippen molar-refractivity contribution in [3.05, 3.63) is 41.0 Å². The summed E-state index contributed by atoms with van der Waals surface area (Å²) in [6, 6.07) is 5.25. The first-order valence-corrected chi connectivity index (χ1v) is 7.09. The van der Waals surface area contributed by atoms with Crippen molar-refractivity contribution in [2.24, 2.45) is 0 Å². The zero-order valence-corrected chi connectivity index (χ0v) is 11.4. The molecule has 3 rings (SSSR count). The highest BCUT2D eigenvalue weighted by atomic mass is 19.4. The van der Waals surface area contributed by atoms with Gasteiger partial charge in [0.2, 0.25) is 0 Å². The number of hydrogen-bond donors (Lipinski definition) is 1. The molecular weight excluding hydrogens is 263 g/mol. The maximum absolute atomic E-state index is 13.0. The lowest BCUT2D eigenvalue weighted by atomic mass is 9.83. The van der Waals surface area contributed by atoms with Crippen molar-refractivity contribution >= 4 is 5.57 Å². The lowest BCUT2D eigenvalue weighted by Gasteiger charge is -2.35. The Bertz CT molecular complexity index is 545. The molecule has 1 aromatic rings. The summed E-state index contributed by atoms with van der Waals surface area (Å²) in [5.74, 6) is 0. The molecule has 1 nitrogen and oxygen atoms in total. The van der Waals surface area contributed by atoms with Gasteiger partial charge in [0, 0.05) is 12.1 Å². The van der Waals surface area contributed by atoms with Crippen LogP contribution in [0.3, 0.4) is 0 Å². The molecule has 0 spiro atoms. The van der Waals surface area contributed by atoms with Crippen molar-refractivity contribution in [3.8, 4) is 0 Å². The summed E-state index contributed by atoms with van der Waals surface area (Å²) in [6.45, 7) is 1.58. The van der Waals surface area contributed by atoms with Gasteiger partial charge in [0.05, 0.1) is 5.56 Å². The molecule has 0 amide bonds. The van der Waals surface area contributed by atoms with Crippen LogP contribution < -0.4 is 5.32 Å². The normalized spacial score (nSPS) is 26.3. The molecule has 0 radical (unpaired) electrons. The third-order valence-electron chi connectivity index (χ3n) is 4.37. The van der Waals surface area contributed by atoms with Crippen LogP contribution in [0.4, 0.5) is 13.2 Å². The van der Waals surface area contributed by atoms with Crippen LogP contribution >= 0.6 is 0 Å². The molecule has 4 heteroatoms. The predicted molar refractivity (Wildman–Crippen MR) is 73.3 cm³/mol. The van der Waals surface area contributed by atoms with E-state index in [1.54, 1.807) is 6.92 Å². The number of piperidine rings is 1. The van der Waals surface area contributed by atoms with E-state index in [1.807, 2.05) is 6.07 Å². The molecule has 2 unspecified atom stereocenters. The van der Waals surface area contributed by atoms with Gasteiger partial charge in [0.25, 0.3) is 0 Å². The van der Waals surface area contributed by atoms with Gasteiger partial charge in [0.1, 0.15) is 0 Å². The highest BCUT2D eigenvalue weighted by molar-refractivity contribution is 5.71. The van der Waals surface area contributed by atoms with Crippen molar-refractivity contribution in [2.45, 2.75) is 50.9 Å². The van der Waals surface area contributed by atoms with Crippen LogP contribution in [0, 0.1) is 6.92 Å². The topological polar surface area (TPSA) is 12.0 Å². The summed E-state index contributed by atoms with van der Waals surface area (Å²) in [7, 11) is 0. The standard InChI is InChI=1S/C16H18F3N/c1-10-14(6-3-7-15(10)16(17,18)19)11-8-12-4-2-5-13(9-11)20-12/h3,6-8,12-13,20H,2,4-5,9H2,1H3. The Morgan fingerprint density at radius 2 is 2.00 bits per heavy atom. The number of hydrogen-bond acceptors (Lipinski definition) is 1. The van der Waals surface area contributed by atoms with Gasteiger partial charge in [-0.1, -0.05) is 24.6 Å². The second kappa shape index (κ2) is 4.92. The number of rotatable bonds is 1. The Morgan fingerprint density at radius 1 is 1.20 bits per heavy atom. The second-order valence-corrected chi connectivity index (χ2v) is 5.77. The Morgan fingerprint density at radius 3 is 2.70 bits per heavy atom. The molecule has 2 bridgehead atoms. The van der Waals surface area contributed by atoms with Gasteiger partial charge in [-0.05, 0) is 49.0 Å². The van der Waals surface area contributed by atoms with E-state index in [-0.39, 0.29) is 0 Å². The average molecular weight is 281 g/mol. The van der Waals surface area contributed by atoms with Gasteiger partial charge in [-0.15, -0.1) is 0 Å². The molecule has 0 aromatic heterocycles. The third-order valence-corrected chi connectivity index (χ3v) is 4.37. The largest absolute Gasteiger partial charge is 0.416 e. The average Bonchev–Trinajstić information content (AvgIpc) is 2.37. The fourth-order valence-corrected chi connectivity index (χ4v) is 3.41. The zero-order valence-electron chi connectivity index (χ0n) is 11.4. The molecule has 20 heavy (non-hydrogen) atoms. The fraction of sp³-hybridized carbons (Fsp3) is 0.500. The van der Waals surface area contributed by atoms with Crippen LogP contribution in [0.15, 0.2) is 24.3 Å². The van der Waals surface area contributed by atoms with Crippen LogP contribution in [0.2, 0.25) is 0 Å². The molecule has 0 aliphatic carbocycles. The summed E-state index contributed by atoms with van der Waals surface area (Å²) in [4.78, 5) is 0. The maximum Gasteiger partial charge on any atom is 0.416 e. The minimum Gasteiger partial charge on any atom is -0.307 e. The van der Waals surface area contributed by atoms with Crippen molar-refractivity contribution in [1.29, 1.82) is 0 Å². The SMILES string of the molecule is Cc1c(C2=CC3CCCC(C2)N3)cccc1C(F)(F)F. The summed E-state index contributed by atoms with van der Waals surface area (Å²) in [5.41, 5.74) is 1.67. The smallest absolute Gasteiger partial charge is 0.307 e. The van der Waals surface area contributed by atoms with Crippen LogP contribution in [0.25, 0.3) is 5.57 Å². The Hall–Kier alpha value is -1.29. The number of alkyl halides is 3. The molecule has 2 heterocycles. The molecule has 1 N–H and O–H groups in total. The summed E-state index contributed by atoms with van der Waals surface area (Å²) >= 11 is 0. The molecule has 1 fully saturated rings. The van der Waals surface area contributed by atoms with E-state index in [2.05, 4.69) is 11.4 Å². The van der Waals surface area contributed by atoms with Gasteiger partial charge in [-0.2, -0.15) is 13.2 Å². The summed E-state index contributed by atoms with van der Waals surface area (Å²) in [5, 5.41) is 3.52. The van der Waals surface area contributed by atoms with Crippen LogP contribution in [0.5, 0.6) is 0 Å². The van der Waals surface area contributed by atoms with E-state index in [0.717, 1.165) is 30.4 Å². The van der Waals surface area contributed by atoms with E-state index in [9.17, 15) is 13.2 Å². The maximum atomic E-state index is 13.0. The Balaban J connectivity index is 2.01. The number of halogens is 3. The lowest BCUT2D eigenvalue weighted by molar-refractivity contribution is -0.138. The van der Waals surface area contributed by atoms with Gasteiger partial charge in [0.15, 0.2) is 0 Å². The first-order valence-electron chi connectivity index (χ1n) is 7.09. The summed E-state index contributed by atoms with van der Waals surface area (Å²) < 4.78 is 39.0. The van der Waals surface area contributed by atoms with Crippen LogP contribution in [-0.4, -0.2) is 12.1 Å². The van der Waals surface area contributed by atoms with Gasteiger partial charge < -0.3 is 5.32 Å². The van der Waals surface area contributed by atoms with Crippen molar-refractivity contribution in [1.82, 2.24) is 5.32 Å². The molecule has 0 saturated carbocycles. The fourth-order valence-electron chi connectivity index (χ4n) is 3.41. The first-order chi connectivity index (χ1) is 9.45. The molecule has 2 atom stereocenters. The summed E-state index contributed by atoms with van der Waals surface area (Å²) in [6.07, 6.45) is 2.08. The minimum absolute atomic E-state index is 0.325. The lowest BCUT2D eigenvalue weighted by Crippen LogP contribution is -2.44. The van der Waals surface area contributed by atoms with Gasteiger partial charge in [-0.25, -0.2) is 0 Å².